The average Bonchev–Trinajstić information content (AvgIpc) is 3.29. The Morgan fingerprint density at radius 2 is 1.90 bits per heavy atom. The Hall–Kier alpha value is -3.08. The van der Waals surface area contributed by atoms with Gasteiger partial charge in [0.25, 0.3) is 0 Å². The molecule has 0 aliphatic rings. The maximum atomic E-state index is 11.6. The first-order valence-electron chi connectivity index (χ1n) is 9.31. The summed E-state index contributed by atoms with van der Waals surface area (Å²) in [5.41, 5.74) is 5.23. The lowest BCUT2D eigenvalue weighted by Crippen LogP contribution is -2.09. The van der Waals surface area contributed by atoms with E-state index in [-0.39, 0.29) is 0 Å². The van der Waals surface area contributed by atoms with Crippen LogP contribution in [0.25, 0.3) is 31.6 Å². The Morgan fingerprint density at radius 3 is 2.74 bits per heavy atom. The fraction of sp³-hybridized carbons (Fsp3) is 0.0952. The minimum atomic E-state index is -3.35. The molecule has 31 heavy (non-hydrogen) atoms. The molecule has 0 fully saturated rings. The highest BCUT2D eigenvalue weighted by molar-refractivity contribution is 7.92. The van der Waals surface area contributed by atoms with Gasteiger partial charge < -0.3 is 0 Å². The summed E-state index contributed by atoms with van der Waals surface area (Å²) < 4.78 is 27.7. The standard InChI is InChI=1S/C21H17N5O2S3/c1-12-6-7-16-17(8-12)30-21(23-16)25-20-22-10-18-19(24-20)15(11-29-18)13-4-3-5-14(9-13)26-31(2,27)28/h3-11,26H,1-2H3,(H,22,23,24,25). The molecule has 0 saturated heterocycles. The molecule has 156 valence electrons. The van der Waals surface area contributed by atoms with Crippen LogP contribution in [0.3, 0.4) is 0 Å². The van der Waals surface area contributed by atoms with Crippen molar-refractivity contribution in [1.82, 2.24) is 15.0 Å². The van der Waals surface area contributed by atoms with Gasteiger partial charge >= 0.3 is 0 Å². The maximum Gasteiger partial charge on any atom is 0.229 e. The molecule has 3 heterocycles. The fourth-order valence-corrected chi connectivity index (χ4v) is 5.62. The highest BCUT2D eigenvalue weighted by Crippen LogP contribution is 2.35. The zero-order chi connectivity index (χ0) is 21.6. The lowest BCUT2D eigenvalue weighted by atomic mass is 10.1. The van der Waals surface area contributed by atoms with Crippen molar-refractivity contribution < 1.29 is 8.42 Å². The van der Waals surface area contributed by atoms with Crippen molar-refractivity contribution >= 4 is 69.9 Å². The molecule has 2 N–H and O–H groups in total. The van der Waals surface area contributed by atoms with Gasteiger partial charge in [-0.1, -0.05) is 29.5 Å². The second-order valence-electron chi connectivity index (χ2n) is 7.13. The molecule has 0 aliphatic carbocycles. The van der Waals surface area contributed by atoms with Gasteiger partial charge in [0, 0.05) is 16.6 Å². The zero-order valence-electron chi connectivity index (χ0n) is 16.6. The lowest BCUT2D eigenvalue weighted by Gasteiger charge is -2.06. The molecule has 0 unspecified atom stereocenters. The van der Waals surface area contributed by atoms with Crippen LogP contribution in [0.1, 0.15) is 5.56 Å². The Balaban J connectivity index is 1.50. The number of fused-ring (bicyclic) bond motifs is 2. The lowest BCUT2D eigenvalue weighted by molar-refractivity contribution is 0.607. The minimum Gasteiger partial charge on any atom is -0.300 e. The van der Waals surface area contributed by atoms with Gasteiger partial charge in [-0.3, -0.25) is 10.0 Å². The van der Waals surface area contributed by atoms with Crippen molar-refractivity contribution in [1.29, 1.82) is 0 Å². The predicted octanol–water partition coefficient (Wildman–Crippen LogP) is 5.39. The second kappa shape index (κ2) is 7.56. The number of thiazole rings is 1. The summed E-state index contributed by atoms with van der Waals surface area (Å²) in [4.78, 5) is 13.7. The molecular formula is C21H17N5O2S3. The van der Waals surface area contributed by atoms with Crippen LogP contribution < -0.4 is 10.0 Å². The molecule has 5 rings (SSSR count). The summed E-state index contributed by atoms with van der Waals surface area (Å²) in [7, 11) is -3.35. The molecule has 3 aromatic heterocycles. The van der Waals surface area contributed by atoms with E-state index in [2.05, 4.69) is 33.0 Å². The van der Waals surface area contributed by atoms with Crippen LogP contribution in [0.4, 0.5) is 16.8 Å². The van der Waals surface area contributed by atoms with E-state index in [0.717, 1.165) is 42.9 Å². The molecule has 0 spiro atoms. The Morgan fingerprint density at radius 1 is 1.03 bits per heavy atom. The number of aryl methyl sites for hydroxylation is 1. The molecule has 0 aliphatic heterocycles. The van der Waals surface area contributed by atoms with E-state index in [1.807, 2.05) is 29.6 Å². The Bertz CT molecular complexity index is 1540. The quantitative estimate of drug-likeness (QED) is 0.360. The Kier molecular flexibility index (Phi) is 4.84. The van der Waals surface area contributed by atoms with Crippen LogP contribution in [0, 0.1) is 6.92 Å². The zero-order valence-corrected chi connectivity index (χ0v) is 19.0. The molecular weight excluding hydrogens is 450 g/mol. The first-order valence-corrected chi connectivity index (χ1v) is 12.9. The van der Waals surface area contributed by atoms with Crippen molar-refractivity contribution in [2.45, 2.75) is 6.92 Å². The molecule has 0 bridgehead atoms. The largest absolute Gasteiger partial charge is 0.300 e. The number of benzene rings is 2. The summed E-state index contributed by atoms with van der Waals surface area (Å²) in [6, 6.07) is 13.4. The molecule has 0 saturated carbocycles. The number of hydrogen-bond acceptors (Lipinski definition) is 8. The number of nitrogens with one attached hydrogen (secondary N) is 2. The van der Waals surface area contributed by atoms with Crippen LogP contribution in [-0.4, -0.2) is 29.6 Å². The number of anilines is 3. The highest BCUT2D eigenvalue weighted by atomic mass is 32.2. The van der Waals surface area contributed by atoms with Gasteiger partial charge in [0.05, 0.1) is 32.9 Å². The van der Waals surface area contributed by atoms with Crippen LogP contribution in [-0.2, 0) is 10.0 Å². The van der Waals surface area contributed by atoms with Crippen LogP contribution in [0.2, 0.25) is 0 Å². The number of rotatable bonds is 5. The first-order chi connectivity index (χ1) is 14.8. The van der Waals surface area contributed by atoms with E-state index in [1.54, 1.807) is 41.0 Å². The second-order valence-corrected chi connectivity index (χ2v) is 10.8. The van der Waals surface area contributed by atoms with Gasteiger partial charge in [0.15, 0.2) is 5.13 Å². The Labute approximate surface area is 186 Å². The number of sulfonamides is 1. The number of hydrogen-bond donors (Lipinski definition) is 2. The summed E-state index contributed by atoms with van der Waals surface area (Å²) in [6.45, 7) is 2.06. The summed E-state index contributed by atoms with van der Waals surface area (Å²) in [5, 5.41) is 5.95. The summed E-state index contributed by atoms with van der Waals surface area (Å²) in [5.74, 6) is 0.466. The van der Waals surface area contributed by atoms with Crippen molar-refractivity contribution in [3.8, 4) is 11.1 Å². The van der Waals surface area contributed by atoms with Gasteiger partial charge in [-0.2, -0.15) is 0 Å². The summed E-state index contributed by atoms with van der Waals surface area (Å²) >= 11 is 3.10. The van der Waals surface area contributed by atoms with Gasteiger partial charge in [0.1, 0.15) is 0 Å². The van der Waals surface area contributed by atoms with Crippen LogP contribution >= 0.6 is 22.7 Å². The van der Waals surface area contributed by atoms with Crippen molar-refractivity contribution in [3.05, 3.63) is 59.6 Å². The van der Waals surface area contributed by atoms with Gasteiger partial charge in [0.2, 0.25) is 16.0 Å². The predicted molar refractivity (Wildman–Crippen MR) is 129 cm³/mol. The van der Waals surface area contributed by atoms with Gasteiger partial charge in [-0.05, 0) is 42.3 Å². The smallest absolute Gasteiger partial charge is 0.229 e. The molecule has 10 heteroatoms. The van der Waals surface area contributed by atoms with Crippen molar-refractivity contribution in [2.24, 2.45) is 0 Å². The molecule has 0 atom stereocenters. The molecule has 0 amide bonds. The van der Waals surface area contributed by atoms with Crippen LogP contribution in [0.5, 0.6) is 0 Å². The first kappa shape index (κ1) is 19.9. The molecule has 0 radical (unpaired) electrons. The van der Waals surface area contributed by atoms with E-state index in [9.17, 15) is 8.42 Å². The fourth-order valence-electron chi connectivity index (χ4n) is 3.24. The molecule has 2 aromatic carbocycles. The monoisotopic (exact) mass is 467 g/mol. The van der Waals surface area contributed by atoms with Crippen LogP contribution in [0.15, 0.2) is 54.0 Å². The number of nitrogens with zero attached hydrogens (tertiary/aromatic N) is 3. The van der Waals surface area contributed by atoms with E-state index in [0.29, 0.717) is 11.6 Å². The maximum absolute atomic E-state index is 11.6. The third-order valence-electron chi connectivity index (χ3n) is 4.55. The summed E-state index contributed by atoms with van der Waals surface area (Å²) in [6.07, 6.45) is 2.92. The minimum absolute atomic E-state index is 0.466. The normalized spacial score (nSPS) is 11.8. The highest BCUT2D eigenvalue weighted by Gasteiger charge is 2.13. The third-order valence-corrected chi connectivity index (χ3v) is 7.00. The van der Waals surface area contributed by atoms with E-state index >= 15 is 0 Å². The van der Waals surface area contributed by atoms with Crippen molar-refractivity contribution in [2.75, 3.05) is 16.3 Å². The van der Waals surface area contributed by atoms with E-state index < -0.39 is 10.0 Å². The third kappa shape index (κ3) is 4.22. The SMILES string of the molecule is Cc1ccc2nc(Nc3ncc4scc(-c5cccc(NS(C)(=O)=O)c5)c4n3)sc2c1. The average molecular weight is 468 g/mol. The number of aromatic nitrogens is 3. The molecule has 7 nitrogen and oxygen atoms in total. The van der Waals surface area contributed by atoms with Crippen molar-refractivity contribution in [3.63, 3.8) is 0 Å². The van der Waals surface area contributed by atoms with Gasteiger partial charge in [-0.25, -0.2) is 23.4 Å². The molecule has 5 aromatic rings. The van der Waals surface area contributed by atoms with Gasteiger partial charge in [-0.15, -0.1) is 11.3 Å². The number of thiophene rings is 1. The van der Waals surface area contributed by atoms with E-state index in [1.165, 1.54) is 5.56 Å². The van der Waals surface area contributed by atoms with E-state index in [4.69, 9.17) is 4.98 Å². The topological polar surface area (TPSA) is 96.9 Å².